The molecule has 1 aromatic heterocycles. The van der Waals surface area contributed by atoms with Gasteiger partial charge in [0.1, 0.15) is 0 Å². The van der Waals surface area contributed by atoms with E-state index in [2.05, 4.69) is 29.5 Å². The van der Waals surface area contributed by atoms with Gasteiger partial charge in [0, 0.05) is 30.0 Å². The van der Waals surface area contributed by atoms with Crippen LogP contribution in [0.1, 0.15) is 17.7 Å². The number of rotatable bonds is 6. The van der Waals surface area contributed by atoms with Crippen LogP contribution in [0.25, 0.3) is 0 Å². The van der Waals surface area contributed by atoms with Crippen molar-refractivity contribution in [2.45, 2.75) is 19.3 Å². The molecular weight excluding hydrogens is 206 g/mol. The molecule has 0 bridgehead atoms. The molecule has 1 fully saturated rings. The lowest BCUT2D eigenvalue weighted by Gasteiger charge is -2.21. The summed E-state index contributed by atoms with van der Waals surface area (Å²) in [7, 11) is 2.16. The van der Waals surface area contributed by atoms with Gasteiger partial charge in [0.15, 0.2) is 0 Å². The van der Waals surface area contributed by atoms with Gasteiger partial charge in [-0.15, -0.1) is 11.3 Å². The predicted octanol–water partition coefficient (Wildman–Crippen LogP) is 1.99. The first-order valence-electron chi connectivity index (χ1n) is 5.56. The fraction of sp³-hybridized carbons (Fsp3) is 0.667. The fourth-order valence-electron chi connectivity index (χ4n) is 1.95. The van der Waals surface area contributed by atoms with E-state index in [1.165, 1.54) is 17.7 Å². The normalized spacial score (nSPS) is 18.3. The van der Waals surface area contributed by atoms with Crippen molar-refractivity contribution in [2.75, 3.05) is 26.7 Å². The Balaban J connectivity index is 1.71. The summed E-state index contributed by atoms with van der Waals surface area (Å²) in [4.78, 5) is 3.80. The molecule has 0 unspecified atom stereocenters. The monoisotopic (exact) mass is 225 g/mol. The molecule has 0 spiro atoms. The van der Waals surface area contributed by atoms with Crippen LogP contribution in [-0.2, 0) is 6.42 Å². The summed E-state index contributed by atoms with van der Waals surface area (Å²) in [6.45, 7) is 2.51. The third kappa shape index (κ3) is 3.03. The van der Waals surface area contributed by atoms with E-state index in [1.54, 1.807) is 0 Å². The standard InChI is InChI=1S/C12H19NOS/c1-13(9-12(10-14)5-6-12)7-4-11-3-2-8-15-11/h2-3,8,14H,4-7,9-10H2,1H3. The highest BCUT2D eigenvalue weighted by Crippen LogP contribution is 2.45. The summed E-state index contributed by atoms with van der Waals surface area (Å²) in [5.74, 6) is 0. The van der Waals surface area contributed by atoms with Crippen LogP contribution >= 0.6 is 11.3 Å². The smallest absolute Gasteiger partial charge is 0.0499 e. The van der Waals surface area contributed by atoms with E-state index in [4.69, 9.17) is 0 Å². The Hall–Kier alpha value is -0.380. The van der Waals surface area contributed by atoms with Gasteiger partial charge in [-0.25, -0.2) is 0 Å². The van der Waals surface area contributed by atoms with Gasteiger partial charge in [0.25, 0.3) is 0 Å². The van der Waals surface area contributed by atoms with Crippen molar-refractivity contribution in [1.82, 2.24) is 4.90 Å². The highest BCUT2D eigenvalue weighted by Gasteiger charge is 2.42. The Morgan fingerprint density at radius 2 is 2.33 bits per heavy atom. The first kappa shape index (κ1) is 11.1. The molecule has 0 radical (unpaired) electrons. The SMILES string of the molecule is CN(CCc1cccs1)CC1(CO)CC1. The third-order valence-corrected chi connectivity index (χ3v) is 4.15. The van der Waals surface area contributed by atoms with Crippen molar-refractivity contribution in [2.24, 2.45) is 5.41 Å². The lowest BCUT2D eigenvalue weighted by Crippen LogP contribution is -2.30. The molecule has 1 heterocycles. The van der Waals surface area contributed by atoms with Gasteiger partial charge in [-0.3, -0.25) is 0 Å². The lowest BCUT2D eigenvalue weighted by molar-refractivity contribution is 0.165. The number of nitrogens with zero attached hydrogens (tertiary/aromatic N) is 1. The number of likely N-dealkylation sites (N-methyl/N-ethyl adjacent to an activating group) is 1. The van der Waals surface area contributed by atoms with Crippen molar-refractivity contribution < 1.29 is 5.11 Å². The highest BCUT2D eigenvalue weighted by atomic mass is 32.1. The van der Waals surface area contributed by atoms with Crippen molar-refractivity contribution in [1.29, 1.82) is 0 Å². The fourth-order valence-corrected chi connectivity index (χ4v) is 2.65. The molecule has 3 heteroatoms. The molecule has 0 atom stereocenters. The van der Waals surface area contributed by atoms with Gasteiger partial charge in [0.2, 0.25) is 0 Å². The molecular formula is C12H19NOS. The second-order valence-corrected chi connectivity index (χ2v) is 5.76. The second kappa shape index (κ2) is 4.64. The molecule has 0 aliphatic heterocycles. The van der Waals surface area contributed by atoms with Gasteiger partial charge in [-0.05, 0) is 37.8 Å². The summed E-state index contributed by atoms with van der Waals surface area (Å²) in [6, 6.07) is 4.30. The van der Waals surface area contributed by atoms with Crippen molar-refractivity contribution in [3.8, 4) is 0 Å². The summed E-state index contributed by atoms with van der Waals surface area (Å²) < 4.78 is 0. The second-order valence-electron chi connectivity index (χ2n) is 4.73. The molecule has 1 saturated carbocycles. The summed E-state index contributed by atoms with van der Waals surface area (Å²) in [6.07, 6.45) is 3.54. The maximum Gasteiger partial charge on any atom is 0.0499 e. The average molecular weight is 225 g/mol. The maximum atomic E-state index is 9.23. The van der Waals surface area contributed by atoms with Crippen LogP contribution in [0.15, 0.2) is 17.5 Å². The lowest BCUT2D eigenvalue weighted by atomic mass is 10.1. The molecule has 15 heavy (non-hydrogen) atoms. The third-order valence-electron chi connectivity index (χ3n) is 3.22. The number of aliphatic hydroxyl groups is 1. The molecule has 1 aliphatic rings. The zero-order chi connectivity index (χ0) is 10.7. The van der Waals surface area contributed by atoms with Crippen LogP contribution in [0, 0.1) is 5.41 Å². The van der Waals surface area contributed by atoms with E-state index in [9.17, 15) is 5.11 Å². The molecule has 0 saturated heterocycles. The van der Waals surface area contributed by atoms with E-state index in [1.807, 2.05) is 11.3 Å². The number of hydrogen-bond donors (Lipinski definition) is 1. The van der Waals surface area contributed by atoms with E-state index < -0.39 is 0 Å². The van der Waals surface area contributed by atoms with Crippen LogP contribution in [-0.4, -0.2) is 36.8 Å². The Labute approximate surface area is 95.5 Å². The Kier molecular flexibility index (Phi) is 3.44. The zero-order valence-corrected chi connectivity index (χ0v) is 10.1. The maximum absolute atomic E-state index is 9.23. The predicted molar refractivity (Wildman–Crippen MR) is 64.3 cm³/mol. The van der Waals surface area contributed by atoms with Crippen molar-refractivity contribution in [3.63, 3.8) is 0 Å². The average Bonchev–Trinajstić information content (AvgIpc) is 2.80. The van der Waals surface area contributed by atoms with Gasteiger partial charge in [-0.2, -0.15) is 0 Å². The molecule has 1 aromatic rings. The van der Waals surface area contributed by atoms with Crippen molar-refractivity contribution >= 4 is 11.3 Å². The molecule has 2 nitrogen and oxygen atoms in total. The van der Waals surface area contributed by atoms with Gasteiger partial charge < -0.3 is 10.0 Å². The first-order valence-corrected chi connectivity index (χ1v) is 6.44. The van der Waals surface area contributed by atoms with Crippen LogP contribution in [0.3, 0.4) is 0 Å². The molecule has 2 rings (SSSR count). The molecule has 1 N–H and O–H groups in total. The minimum absolute atomic E-state index is 0.254. The van der Waals surface area contributed by atoms with Crippen molar-refractivity contribution in [3.05, 3.63) is 22.4 Å². The largest absolute Gasteiger partial charge is 0.396 e. The number of thiophene rings is 1. The van der Waals surface area contributed by atoms with E-state index in [0.717, 1.165) is 19.5 Å². The summed E-state index contributed by atoms with van der Waals surface area (Å²) >= 11 is 1.83. The number of hydrogen-bond acceptors (Lipinski definition) is 3. The van der Waals surface area contributed by atoms with Gasteiger partial charge in [-0.1, -0.05) is 6.07 Å². The quantitative estimate of drug-likeness (QED) is 0.800. The summed E-state index contributed by atoms with van der Waals surface area (Å²) in [5.41, 5.74) is 0.254. The molecule has 0 amide bonds. The van der Waals surface area contributed by atoms with Crippen LogP contribution in [0.4, 0.5) is 0 Å². The Bertz CT molecular complexity index is 293. The van der Waals surface area contributed by atoms with Crippen LogP contribution in [0.2, 0.25) is 0 Å². The van der Waals surface area contributed by atoms with Crippen LogP contribution in [0.5, 0.6) is 0 Å². The van der Waals surface area contributed by atoms with E-state index in [0.29, 0.717) is 6.61 Å². The Morgan fingerprint density at radius 1 is 1.53 bits per heavy atom. The highest BCUT2D eigenvalue weighted by molar-refractivity contribution is 7.09. The summed E-state index contributed by atoms with van der Waals surface area (Å²) in [5, 5.41) is 11.4. The first-order chi connectivity index (χ1) is 7.24. The van der Waals surface area contributed by atoms with E-state index >= 15 is 0 Å². The molecule has 84 valence electrons. The van der Waals surface area contributed by atoms with Gasteiger partial charge >= 0.3 is 0 Å². The minimum Gasteiger partial charge on any atom is -0.396 e. The zero-order valence-electron chi connectivity index (χ0n) is 9.28. The minimum atomic E-state index is 0.254. The number of aliphatic hydroxyl groups excluding tert-OH is 1. The van der Waals surface area contributed by atoms with Crippen LogP contribution < -0.4 is 0 Å². The van der Waals surface area contributed by atoms with Gasteiger partial charge in [0.05, 0.1) is 0 Å². The molecule has 0 aromatic carbocycles. The molecule has 1 aliphatic carbocycles. The Morgan fingerprint density at radius 3 is 2.87 bits per heavy atom. The van der Waals surface area contributed by atoms with E-state index in [-0.39, 0.29) is 5.41 Å². The topological polar surface area (TPSA) is 23.5 Å².